The van der Waals surface area contributed by atoms with E-state index in [0.29, 0.717) is 25.2 Å². The highest BCUT2D eigenvalue weighted by Crippen LogP contribution is 2.42. The molecule has 2 rings (SSSR count). The summed E-state index contributed by atoms with van der Waals surface area (Å²) < 4.78 is 78.5. The Bertz CT molecular complexity index is 522. The SMILES string of the molecule is FC(F)(F)c1ccc(Cl)c([C@@H](N2CCNCC2)C(F)(F)F)c1. The summed E-state index contributed by atoms with van der Waals surface area (Å²) in [5.41, 5.74) is -1.71. The van der Waals surface area contributed by atoms with Crippen LogP contribution in [0.15, 0.2) is 18.2 Å². The van der Waals surface area contributed by atoms with Crippen molar-refractivity contribution in [2.75, 3.05) is 26.2 Å². The highest BCUT2D eigenvalue weighted by atomic mass is 35.5. The molecule has 1 aromatic carbocycles. The largest absolute Gasteiger partial charge is 0.416 e. The number of hydrogen-bond donors (Lipinski definition) is 1. The molecule has 0 amide bonds. The Morgan fingerprint density at radius 1 is 1.05 bits per heavy atom. The molecule has 1 heterocycles. The van der Waals surface area contributed by atoms with Crippen LogP contribution in [0, 0.1) is 0 Å². The lowest BCUT2D eigenvalue weighted by molar-refractivity contribution is -0.188. The van der Waals surface area contributed by atoms with E-state index in [1.54, 1.807) is 0 Å². The molecule has 22 heavy (non-hydrogen) atoms. The van der Waals surface area contributed by atoms with Gasteiger partial charge in [0.2, 0.25) is 0 Å². The normalized spacial score (nSPS) is 19.2. The van der Waals surface area contributed by atoms with E-state index in [9.17, 15) is 26.3 Å². The molecular formula is C13H13ClF6N2. The smallest absolute Gasteiger partial charge is 0.314 e. The molecule has 124 valence electrons. The van der Waals surface area contributed by atoms with Gasteiger partial charge in [0.25, 0.3) is 0 Å². The summed E-state index contributed by atoms with van der Waals surface area (Å²) in [6.45, 7) is 0.833. The zero-order valence-corrected chi connectivity index (χ0v) is 12.0. The van der Waals surface area contributed by atoms with E-state index in [0.717, 1.165) is 11.0 Å². The molecule has 1 N–H and O–H groups in total. The Hall–Kier alpha value is -0.990. The first-order valence-electron chi connectivity index (χ1n) is 6.49. The molecule has 1 fully saturated rings. The molecule has 0 aromatic heterocycles. The number of benzene rings is 1. The van der Waals surface area contributed by atoms with Crippen LogP contribution in [0.4, 0.5) is 26.3 Å². The first-order chi connectivity index (χ1) is 10.1. The minimum absolute atomic E-state index is 0.0801. The van der Waals surface area contributed by atoms with E-state index in [-0.39, 0.29) is 18.1 Å². The standard InChI is InChI=1S/C13H13ClF6N2/c14-10-2-1-8(12(15,16)17)7-9(10)11(13(18,19)20)22-5-3-21-4-6-22/h1-2,7,11,21H,3-6H2/t11-/m1/s1. The molecule has 1 aliphatic heterocycles. The minimum Gasteiger partial charge on any atom is -0.314 e. The van der Waals surface area contributed by atoms with Crippen LogP contribution in [0.2, 0.25) is 5.02 Å². The van der Waals surface area contributed by atoms with Crippen molar-refractivity contribution in [2.45, 2.75) is 18.4 Å². The van der Waals surface area contributed by atoms with Crippen LogP contribution in [-0.4, -0.2) is 37.3 Å². The average molecular weight is 347 g/mol. The van der Waals surface area contributed by atoms with Gasteiger partial charge in [-0.3, -0.25) is 4.90 Å². The van der Waals surface area contributed by atoms with E-state index in [2.05, 4.69) is 5.32 Å². The zero-order chi connectivity index (χ0) is 16.5. The molecule has 0 aliphatic carbocycles. The third kappa shape index (κ3) is 3.85. The quantitative estimate of drug-likeness (QED) is 0.818. The van der Waals surface area contributed by atoms with Crippen LogP contribution in [0.1, 0.15) is 17.2 Å². The molecule has 2 nitrogen and oxygen atoms in total. The van der Waals surface area contributed by atoms with Gasteiger partial charge in [0.05, 0.1) is 5.56 Å². The summed E-state index contributed by atoms with van der Waals surface area (Å²) in [7, 11) is 0. The van der Waals surface area contributed by atoms with Gasteiger partial charge in [-0.1, -0.05) is 11.6 Å². The molecule has 0 unspecified atom stereocenters. The second kappa shape index (κ2) is 6.25. The van der Waals surface area contributed by atoms with Crippen molar-refractivity contribution in [2.24, 2.45) is 0 Å². The van der Waals surface area contributed by atoms with Crippen LogP contribution in [0.5, 0.6) is 0 Å². The highest BCUT2D eigenvalue weighted by molar-refractivity contribution is 6.31. The summed E-state index contributed by atoms with van der Waals surface area (Å²) in [5.74, 6) is 0. The van der Waals surface area contributed by atoms with Gasteiger partial charge in [-0.15, -0.1) is 0 Å². The van der Waals surface area contributed by atoms with Gasteiger partial charge in [-0.25, -0.2) is 0 Å². The lowest BCUT2D eigenvalue weighted by Gasteiger charge is -2.36. The van der Waals surface area contributed by atoms with Gasteiger partial charge in [0, 0.05) is 31.2 Å². The van der Waals surface area contributed by atoms with Crippen LogP contribution >= 0.6 is 11.6 Å². The number of halogens is 7. The molecular weight excluding hydrogens is 334 g/mol. The number of nitrogens with zero attached hydrogens (tertiary/aromatic N) is 1. The summed E-state index contributed by atoms with van der Waals surface area (Å²) in [4.78, 5) is 1.10. The number of hydrogen-bond acceptors (Lipinski definition) is 2. The predicted octanol–water partition coefficient (Wildman–Crippen LogP) is 3.87. The van der Waals surface area contributed by atoms with E-state index in [4.69, 9.17) is 11.6 Å². The summed E-state index contributed by atoms with van der Waals surface area (Å²) >= 11 is 5.76. The Labute approximate surface area is 128 Å². The molecule has 9 heteroatoms. The Morgan fingerprint density at radius 2 is 1.64 bits per heavy atom. The molecule has 1 aliphatic rings. The molecule has 0 spiro atoms. The topological polar surface area (TPSA) is 15.3 Å². The van der Waals surface area contributed by atoms with Crippen molar-refractivity contribution in [1.82, 2.24) is 10.2 Å². The maximum Gasteiger partial charge on any atom is 0.416 e. The van der Waals surface area contributed by atoms with Crippen molar-refractivity contribution < 1.29 is 26.3 Å². The summed E-state index contributed by atoms with van der Waals surface area (Å²) in [6, 6.07) is -0.121. The van der Waals surface area contributed by atoms with Gasteiger partial charge in [-0.2, -0.15) is 26.3 Å². The number of rotatable bonds is 2. The Kier molecular flexibility index (Phi) is 4.93. The first kappa shape index (κ1) is 17.4. The van der Waals surface area contributed by atoms with Gasteiger partial charge in [-0.05, 0) is 23.8 Å². The predicted molar refractivity (Wildman–Crippen MR) is 69.7 cm³/mol. The van der Waals surface area contributed by atoms with Crippen molar-refractivity contribution in [3.63, 3.8) is 0 Å². The van der Waals surface area contributed by atoms with Gasteiger partial charge in [0.15, 0.2) is 0 Å². The maximum absolute atomic E-state index is 13.4. The van der Waals surface area contributed by atoms with Gasteiger partial charge in [0.1, 0.15) is 6.04 Å². The third-order valence-electron chi connectivity index (χ3n) is 3.44. The fraction of sp³-hybridized carbons (Fsp3) is 0.538. The van der Waals surface area contributed by atoms with E-state index in [1.807, 2.05) is 0 Å². The fourth-order valence-corrected chi connectivity index (χ4v) is 2.67. The minimum atomic E-state index is -4.72. The number of nitrogens with one attached hydrogen (secondary N) is 1. The molecule has 1 atom stereocenters. The van der Waals surface area contributed by atoms with Crippen LogP contribution < -0.4 is 5.32 Å². The lowest BCUT2D eigenvalue weighted by Crippen LogP contribution is -2.49. The van der Waals surface area contributed by atoms with Gasteiger partial charge < -0.3 is 5.32 Å². The first-order valence-corrected chi connectivity index (χ1v) is 6.86. The summed E-state index contributed by atoms with van der Waals surface area (Å²) in [5, 5.41) is 2.58. The van der Waals surface area contributed by atoms with Crippen molar-refractivity contribution in [3.05, 3.63) is 34.3 Å². The molecule has 0 saturated carbocycles. The third-order valence-corrected chi connectivity index (χ3v) is 3.79. The van der Waals surface area contributed by atoms with Crippen molar-refractivity contribution >= 4 is 11.6 Å². The van der Waals surface area contributed by atoms with Crippen LogP contribution in [-0.2, 0) is 6.18 Å². The molecule has 0 radical (unpaired) electrons. The second-order valence-electron chi connectivity index (χ2n) is 4.96. The zero-order valence-electron chi connectivity index (χ0n) is 11.2. The number of piperazine rings is 1. The van der Waals surface area contributed by atoms with Gasteiger partial charge >= 0.3 is 12.4 Å². The lowest BCUT2D eigenvalue weighted by atomic mass is 10.0. The van der Waals surface area contributed by atoms with E-state index < -0.39 is 29.5 Å². The maximum atomic E-state index is 13.4. The average Bonchev–Trinajstić information content (AvgIpc) is 2.39. The van der Waals surface area contributed by atoms with Crippen molar-refractivity contribution in [3.8, 4) is 0 Å². The molecule has 1 saturated heterocycles. The van der Waals surface area contributed by atoms with Crippen LogP contribution in [0.25, 0.3) is 0 Å². The second-order valence-corrected chi connectivity index (χ2v) is 5.37. The monoisotopic (exact) mass is 346 g/mol. The molecule has 0 bridgehead atoms. The number of alkyl halides is 6. The molecule has 1 aromatic rings. The highest BCUT2D eigenvalue weighted by Gasteiger charge is 2.46. The Balaban J connectivity index is 2.47. The Morgan fingerprint density at radius 3 is 2.14 bits per heavy atom. The fourth-order valence-electron chi connectivity index (χ4n) is 2.45. The van der Waals surface area contributed by atoms with Crippen molar-refractivity contribution in [1.29, 1.82) is 0 Å². The van der Waals surface area contributed by atoms with E-state index >= 15 is 0 Å². The van der Waals surface area contributed by atoms with Crippen LogP contribution in [0.3, 0.4) is 0 Å². The summed E-state index contributed by atoms with van der Waals surface area (Å²) in [6.07, 6.45) is -9.44. The van der Waals surface area contributed by atoms with E-state index in [1.165, 1.54) is 0 Å².